The summed E-state index contributed by atoms with van der Waals surface area (Å²) in [5, 5.41) is 8.11. The van der Waals surface area contributed by atoms with Crippen LogP contribution in [0.4, 0.5) is 10.1 Å². The van der Waals surface area contributed by atoms with E-state index >= 15 is 0 Å². The molecule has 0 amide bonds. The van der Waals surface area contributed by atoms with Crippen LogP contribution in [0.5, 0.6) is 0 Å². The third kappa shape index (κ3) is 2.04. The number of nitrogens with zero attached hydrogens (tertiary/aromatic N) is 5. The summed E-state index contributed by atoms with van der Waals surface area (Å²) in [4.78, 5) is 0.0904. The number of fused-ring (bicyclic) bond motifs is 3. The van der Waals surface area contributed by atoms with Crippen molar-refractivity contribution in [3.8, 4) is 11.3 Å². The highest BCUT2D eigenvalue weighted by molar-refractivity contribution is 7.92. The van der Waals surface area contributed by atoms with Gasteiger partial charge in [-0.2, -0.15) is 10.2 Å². The van der Waals surface area contributed by atoms with Gasteiger partial charge in [0.15, 0.2) is 0 Å². The maximum Gasteiger partial charge on any atom is 0.267 e. The Bertz CT molecular complexity index is 1050. The predicted molar refractivity (Wildman–Crippen MR) is 85.2 cm³/mol. The fourth-order valence-corrected chi connectivity index (χ4v) is 4.42. The summed E-state index contributed by atoms with van der Waals surface area (Å²) in [6, 6.07) is 4.07. The number of sulfonamides is 1. The van der Waals surface area contributed by atoms with Crippen LogP contribution in [0.2, 0.25) is 0 Å². The second-order valence-electron chi connectivity index (χ2n) is 5.66. The van der Waals surface area contributed by atoms with Crippen LogP contribution < -0.4 is 4.31 Å². The molecule has 0 bridgehead atoms. The zero-order valence-corrected chi connectivity index (χ0v) is 13.8. The quantitative estimate of drug-likeness (QED) is 0.707. The highest BCUT2D eigenvalue weighted by atomic mass is 32.2. The van der Waals surface area contributed by atoms with Crippen molar-refractivity contribution in [2.24, 2.45) is 14.1 Å². The third-order valence-electron chi connectivity index (χ3n) is 4.08. The Labute approximate surface area is 138 Å². The number of anilines is 1. The van der Waals surface area contributed by atoms with E-state index in [2.05, 4.69) is 10.2 Å². The minimum atomic E-state index is -3.81. The van der Waals surface area contributed by atoms with Crippen molar-refractivity contribution >= 4 is 15.7 Å². The van der Waals surface area contributed by atoms with Crippen molar-refractivity contribution in [2.45, 2.75) is 11.4 Å². The van der Waals surface area contributed by atoms with Crippen molar-refractivity contribution in [3.63, 3.8) is 0 Å². The lowest BCUT2D eigenvalue weighted by Crippen LogP contribution is -2.33. The molecule has 7 nitrogen and oxygen atoms in total. The van der Waals surface area contributed by atoms with E-state index in [9.17, 15) is 12.8 Å². The van der Waals surface area contributed by atoms with Crippen molar-refractivity contribution < 1.29 is 12.8 Å². The summed E-state index contributed by atoms with van der Waals surface area (Å²) < 4.78 is 44.1. The first-order valence-corrected chi connectivity index (χ1v) is 8.64. The van der Waals surface area contributed by atoms with Gasteiger partial charge in [0.2, 0.25) is 0 Å². The summed E-state index contributed by atoms with van der Waals surface area (Å²) in [6.45, 7) is 0.138. The summed E-state index contributed by atoms with van der Waals surface area (Å²) >= 11 is 0. The van der Waals surface area contributed by atoms with E-state index < -0.39 is 15.8 Å². The van der Waals surface area contributed by atoms with Crippen LogP contribution in [0, 0.1) is 5.82 Å². The summed E-state index contributed by atoms with van der Waals surface area (Å²) in [6.07, 6.45) is 4.35. The van der Waals surface area contributed by atoms with Crippen LogP contribution in [0.1, 0.15) is 5.56 Å². The lowest BCUT2D eigenvalue weighted by atomic mass is 10.0. The summed E-state index contributed by atoms with van der Waals surface area (Å²) in [5.74, 6) is -0.429. The molecule has 0 aliphatic carbocycles. The lowest BCUT2D eigenvalue weighted by molar-refractivity contribution is 0.589. The Hall–Kier alpha value is -2.68. The predicted octanol–water partition coefficient (Wildman–Crippen LogP) is 1.67. The van der Waals surface area contributed by atoms with E-state index in [1.165, 1.54) is 39.6 Å². The molecule has 0 spiro atoms. The Balaban J connectivity index is 1.94. The molecule has 3 heterocycles. The Morgan fingerprint density at radius 2 is 1.96 bits per heavy atom. The highest BCUT2D eigenvalue weighted by Crippen LogP contribution is 2.41. The molecule has 0 N–H and O–H groups in total. The number of aromatic nitrogens is 4. The average molecular weight is 347 g/mol. The minimum Gasteiger partial charge on any atom is -0.274 e. The largest absolute Gasteiger partial charge is 0.274 e. The second kappa shape index (κ2) is 4.91. The van der Waals surface area contributed by atoms with Crippen LogP contribution in [0.3, 0.4) is 0 Å². The molecule has 0 fully saturated rings. The average Bonchev–Trinajstić information content (AvgIpc) is 3.13. The van der Waals surface area contributed by atoms with E-state index in [0.717, 1.165) is 11.3 Å². The molecule has 1 aliphatic rings. The SMILES string of the molecule is Cn1cc(S(=O)(=O)N2Cc3cnn(C)c3-c3cc(F)ccc32)cn1. The van der Waals surface area contributed by atoms with E-state index in [1.807, 2.05) is 0 Å². The van der Waals surface area contributed by atoms with Gasteiger partial charge in [-0.3, -0.25) is 13.7 Å². The highest BCUT2D eigenvalue weighted by Gasteiger charge is 2.34. The number of rotatable bonds is 2. The van der Waals surface area contributed by atoms with Gasteiger partial charge < -0.3 is 0 Å². The van der Waals surface area contributed by atoms with E-state index in [1.54, 1.807) is 25.0 Å². The van der Waals surface area contributed by atoms with Crippen LogP contribution in [0.15, 0.2) is 41.7 Å². The zero-order chi connectivity index (χ0) is 17.1. The van der Waals surface area contributed by atoms with Crippen molar-refractivity contribution in [2.75, 3.05) is 4.31 Å². The Morgan fingerprint density at radius 3 is 2.67 bits per heavy atom. The maximum absolute atomic E-state index is 13.8. The van der Waals surface area contributed by atoms with Gasteiger partial charge in [-0.1, -0.05) is 0 Å². The molecule has 124 valence electrons. The van der Waals surface area contributed by atoms with Gasteiger partial charge in [0.05, 0.1) is 30.3 Å². The number of hydrogen-bond donors (Lipinski definition) is 0. The minimum absolute atomic E-state index is 0.0904. The molecule has 3 aromatic rings. The van der Waals surface area contributed by atoms with Gasteiger partial charge >= 0.3 is 0 Å². The van der Waals surface area contributed by atoms with Crippen LogP contribution in [-0.2, 0) is 30.7 Å². The topological polar surface area (TPSA) is 73.0 Å². The van der Waals surface area contributed by atoms with Crippen LogP contribution in [0.25, 0.3) is 11.3 Å². The Morgan fingerprint density at radius 1 is 1.17 bits per heavy atom. The van der Waals surface area contributed by atoms with Crippen molar-refractivity contribution in [3.05, 3.63) is 48.2 Å². The van der Waals surface area contributed by atoms with Gasteiger partial charge in [-0.05, 0) is 18.2 Å². The normalized spacial score (nSPS) is 13.7. The number of aryl methyl sites for hydroxylation is 2. The first-order valence-electron chi connectivity index (χ1n) is 7.20. The summed E-state index contributed by atoms with van der Waals surface area (Å²) in [5.41, 5.74) is 2.38. The third-order valence-corrected chi connectivity index (χ3v) is 5.79. The smallest absolute Gasteiger partial charge is 0.267 e. The van der Waals surface area contributed by atoms with Gasteiger partial charge in [0.25, 0.3) is 10.0 Å². The molecule has 4 rings (SSSR count). The van der Waals surface area contributed by atoms with E-state index in [0.29, 0.717) is 11.3 Å². The van der Waals surface area contributed by atoms with Crippen LogP contribution >= 0.6 is 0 Å². The first kappa shape index (κ1) is 14.9. The van der Waals surface area contributed by atoms with Gasteiger partial charge in [-0.25, -0.2) is 12.8 Å². The van der Waals surface area contributed by atoms with E-state index in [-0.39, 0.29) is 11.4 Å². The van der Waals surface area contributed by atoms with Gasteiger partial charge in [-0.15, -0.1) is 0 Å². The molecule has 2 aromatic heterocycles. The molecule has 0 saturated carbocycles. The number of hydrogen-bond acceptors (Lipinski definition) is 4. The molecule has 0 unspecified atom stereocenters. The molecule has 24 heavy (non-hydrogen) atoms. The number of benzene rings is 1. The molecule has 0 saturated heterocycles. The molecular formula is C15H14FN5O2S. The van der Waals surface area contributed by atoms with E-state index in [4.69, 9.17) is 0 Å². The van der Waals surface area contributed by atoms with Crippen molar-refractivity contribution in [1.29, 1.82) is 0 Å². The van der Waals surface area contributed by atoms with Crippen LogP contribution in [-0.4, -0.2) is 28.0 Å². The fraction of sp³-hybridized carbons (Fsp3) is 0.200. The molecule has 1 aromatic carbocycles. The second-order valence-corrected chi connectivity index (χ2v) is 7.53. The van der Waals surface area contributed by atoms with Crippen molar-refractivity contribution in [1.82, 2.24) is 19.6 Å². The molecule has 0 atom stereocenters. The lowest BCUT2D eigenvalue weighted by Gasteiger charge is -2.30. The molecule has 0 radical (unpaired) electrons. The maximum atomic E-state index is 13.8. The standard InChI is InChI=1S/C15H14FN5O2S/c1-19-9-12(7-17-19)24(22,23)21-8-10-6-18-20(2)15(10)13-5-11(16)3-4-14(13)21/h3-7,9H,8H2,1-2H3. The van der Waals surface area contributed by atoms with Gasteiger partial charge in [0.1, 0.15) is 10.7 Å². The molecular weight excluding hydrogens is 333 g/mol. The van der Waals surface area contributed by atoms with Gasteiger partial charge in [0, 0.05) is 31.4 Å². The summed E-state index contributed by atoms with van der Waals surface area (Å²) in [7, 11) is -0.411. The molecule has 1 aliphatic heterocycles. The molecule has 9 heteroatoms. The number of halogens is 1. The zero-order valence-electron chi connectivity index (χ0n) is 13.0. The Kier molecular flexibility index (Phi) is 3.04. The first-order chi connectivity index (χ1) is 11.4. The fourth-order valence-electron chi connectivity index (χ4n) is 2.97. The monoisotopic (exact) mass is 347 g/mol.